The van der Waals surface area contributed by atoms with Crippen LogP contribution in [0.2, 0.25) is 0 Å². The highest BCUT2D eigenvalue weighted by molar-refractivity contribution is 9.10. The zero-order valence-electron chi connectivity index (χ0n) is 9.84. The fraction of sp³-hybridized carbons (Fsp3) is 0.0714. The van der Waals surface area contributed by atoms with Gasteiger partial charge in [0.1, 0.15) is 5.82 Å². The van der Waals surface area contributed by atoms with Crippen LogP contribution in [0.4, 0.5) is 17.6 Å². The number of hydrogen-bond acceptors (Lipinski definition) is 1. The molecule has 0 spiro atoms. The average Bonchev–Trinajstić information content (AvgIpc) is 2.37. The van der Waals surface area contributed by atoms with Gasteiger partial charge in [-0.05, 0) is 42.5 Å². The van der Waals surface area contributed by atoms with Crippen LogP contribution in [0.3, 0.4) is 0 Å². The normalized spacial score (nSPS) is 11.4. The molecule has 0 unspecified atom stereocenters. The van der Waals surface area contributed by atoms with Crippen LogP contribution in [0.25, 0.3) is 0 Å². The third kappa shape index (κ3) is 3.07. The molecule has 2 aromatic rings. The number of benzene rings is 2. The fourth-order valence-corrected chi connectivity index (χ4v) is 2.19. The van der Waals surface area contributed by atoms with Crippen LogP contribution in [-0.4, -0.2) is 5.78 Å². The lowest BCUT2D eigenvalue weighted by molar-refractivity contribution is -0.137. The first-order valence-corrected chi connectivity index (χ1v) is 6.25. The minimum Gasteiger partial charge on any atom is -0.289 e. The first-order chi connectivity index (χ1) is 9.29. The minimum atomic E-state index is -4.47. The van der Waals surface area contributed by atoms with Crippen molar-refractivity contribution < 1.29 is 22.4 Å². The van der Waals surface area contributed by atoms with Crippen LogP contribution < -0.4 is 0 Å². The van der Waals surface area contributed by atoms with Gasteiger partial charge < -0.3 is 0 Å². The smallest absolute Gasteiger partial charge is 0.289 e. The Bertz CT molecular complexity index is 647. The van der Waals surface area contributed by atoms with Gasteiger partial charge in [0.15, 0.2) is 5.78 Å². The van der Waals surface area contributed by atoms with Crippen molar-refractivity contribution in [3.05, 3.63) is 69.4 Å². The monoisotopic (exact) mass is 346 g/mol. The van der Waals surface area contributed by atoms with Crippen LogP contribution >= 0.6 is 15.9 Å². The molecule has 0 fully saturated rings. The average molecular weight is 347 g/mol. The lowest BCUT2D eigenvalue weighted by atomic mass is 10.0. The zero-order chi connectivity index (χ0) is 14.9. The summed E-state index contributed by atoms with van der Waals surface area (Å²) >= 11 is 2.96. The Hall–Kier alpha value is -1.69. The Kier molecular flexibility index (Phi) is 3.94. The molecule has 0 saturated carbocycles. The molecular formula is C14H7BrF4O. The Labute approximate surface area is 120 Å². The topological polar surface area (TPSA) is 17.1 Å². The molecular weight excluding hydrogens is 340 g/mol. The molecule has 104 valence electrons. The third-order valence-electron chi connectivity index (χ3n) is 2.65. The summed E-state index contributed by atoms with van der Waals surface area (Å²) in [4.78, 5) is 12.1. The summed E-state index contributed by atoms with van der Waals surface area (Å²) in [5, 5.41) is 0. The molecule has 2 rings (SSSR count). The number of hydrogen-bond donors (Lipinski definition) is 0. The van der Waals surface area contributed by atoms with E-state index in [0.717, 1.165) is 30.3 Å². The van der Waals surface area contributed by atoms with Gasteiger partial charge in [-0.1, -0.05) is 15.9 Å². The molecule has 0 N–H and O–H groups in total. The van der Waals surface area contributed by atoms with Crippen molar-refractivity contribution in [1.29, 1.82) is 0 Å². The van der Waals surface area contributed by atoms with E-state index in [1.54, 1.807) is 0 Å². The molecule has 0 atom stereocenters. The minimum absolute atomic E-state index is 0.0432. The van der Waals surface area contributed by atoms with Crippen molar-refractivity contribution in [1.82, 2.24) is 0 Å². The van der Waals surface area contributed by atoms with Gasteiger partial charge in [-0.3, -0.25) is 4.79 Å². The highest BCUT2D eigenvalue weighted by atomic mass is 79.9. The van der Waals surface area contributed by atoms with Gasteiger partial charge >= 0.3 is 6.18 Å². The summed E-state index contributed by atoms with van der Waals surface area (Å²) in [6, 6.07) is 7.57. The first kappa shape index (κ1) is 14.7. The Balaban J connectivity index is 2.38. The van der Waals surface area contributed by atoms with Gasteiger partial charge in [0, 0.05) is 15.6 Å². The number of carbonyl (C=O) groups is 1. The van der Waals surface area contributed by atoms with Crippen LogP contribution in [0.15, 0.2) is 46.9 Å². The number of carbonyl (C=O) groups excluding carboxylic acids is 1. The summed E-state index contributed by atoms with van der Waals surface area (Å²) in [7, 11) is 0. The molecule has 0 amide bonds. The molecule has 0 bridgehead atoms. The van der Waals surface area contributed by atoms with E-state index in [1.165, 1.54) is 12.1 Å². The summed E-state index contributed by atoms with van der Waals surface area (Å²) < 4.78 is 50.4. The number of halogens is 5. The fourth-order valence-electron chi connectivity index (χ4n) is 1.63. The van der Waals surface area contributed by atoms with Crippen molar-refractivity contribution in [2.75, 3.05) is 0 Å². The molecule has 0 radical (unpaired) electrons. The molecule has 0 aliphatic rings. The maximum atomic E-state index is 12.8. The number of alkyl halides is 3. The van der Waals surface area contributed by atoms with Crippen molar-refractivity contribution in [3.8, 4) is 0 Å². The van der Waals surface area contributed by atoms with Crippen molar-refractivity contribution in [2.24, 2.45) is 0 Å². The van der Waals surface area contributed by atoms with E-state index in [1.807, 2.05) is 0 Å². The van der Waals surface area contributed by atoms with E-state index >= 15 is 0 Å². The van der Waals surface area contributed by atoms with Crippen LogP contribution in [0.1, 0.15) is 21.5 Å². The summed E-state index contributed by atoms with van der Waals surface area (Å²) in [5.74, 6) is -0.973. The molecule has 0 aliphatic heterocycles. The van der Waals surface area contributed by atoms with Gasteiger partial charge in [-0.25, -0.2) is 4.39 Å². The maximum absolute atomic E-state index is 12.8. The third-order valence-corrected chi connectivity index (χ3v) is 3.30. The Morgan fingerprint density at radius 1 is 1.00 bits per heavy atom. The van der Waals surface area contributed by atoms with E-state index in [2.05, 4.69) is 15.9 Å². The lowest BCUT2D eigenvalue weighted by Gasteiger charge is -2.09. The van der Waals surface area contributed by atoms with Gasteiger partial charge in [-0.15, -0.1) is 0 Å². The predicted octanol–water partition coefficient (Wildman–Crippen LogP) is 4.84. The standard InChI is InChI=1S/C14H7BrF4O/c15-12-7-9(14(17,18)19)3-6-11(12)13(20)8-1-4-10(16)5-2-8/h1-7H. The van der Waals surface area contributed by atoms with Crippen LogP contribution in [0, 0.1) is 5.82 Å². The van der Waals surface area contributed by atoms with Crippen LogP contribution in [-0.2, 0) is 6.18 Å². The summed E-state index contributed by atoms with van der Waals surface area (Å²) in [6.45, 7) is 0. The van der Waals surface area contributed by atoms with Gasteiger partial charge in [0.05, 0.1) is 5.56 Å². The molecule has 1 nitrogen and oxygen atoms in total. The second kappa shape index (κ2) is 5.36. The maximum Gasteiger partial charge on any atom is 0.416 e. The van der Waals surface area contributed by atoms with E-state index < -0.39 is 23.3 Å². The summed E-state index contributed by atoms with van der Waals surface area (Å²) in [6.07, 6.45) is -4.47. The molecule has 0 saturated heterocycles. The second-order valence-corrected chi connectivity index (χ2v) is 4.88. The lowest BCUT2D eigenvalue weighted by Crippen LogP contribution is -2.07. The van der Waals surface area contributed by atoms with Crippen molar-refractivity contribution in [3.63, 3.8) is 0 Å². The molecule has 0 heterocycles. The Morgan fingerprint density at radius 2 is 1.60 bits per heavy atom. The largest absolute Gasteiger partial charge is 0.416 e. The van der Waals surface area contributed by atoms with E-state index in [4.69, 9.17) is 0 Å². The van der Waals surface area contributed by atoms with E-state index in [-0.39, 0.29) is 15.6 Å². The van der Waals surface area contributed by atoms with E-state index in [0.29, 0.717) is 0 Å². The molecule has 6 heteroatoms. The summed E-state index contributed by atoms with van der Waals surface area (Å²) in [5.41, 5.74) is -0.559. The van der Waals surface area contributed by atoms with E-state index in [9.17, 15) is 22.4 Å². The van der Waals surface area contributed by atoms with Crippen molar-refractivity contribution in [2.45, 2.75) is 6.18 Å². The van der Waals surface area contributed by atoms with Gasteiger partial charge in [0.2, 0.25) is 0 Å². The second-order valence-electron chi connectivity index (χ2n) is 4.03. The van der Waals surface area contributed by atoms with Crippen molar-refractivity contribution >= 4 is 21.7 Å². The highest BCUT2D eigenvalue weighted by Gasteiger charge is 2.31. The van der Waals surface area contributed by atoms with Gasteiger partial charge in [0.25, 0.3) is 0 Å². The molecule has 0 aliphatic carbocycles. The quantitative estimate of drug-likeness (QED) is 0.561. The SMILES string of the molecule is O=C(c1ccc(F)cc1)c1ccc(C(F)(F)F)cc1Br. The zero-order valence-corrected chi connectivity index (χ0v) is 11.4. The molecule has 0 aromatic heterocycles. The van der Waals surface area contributed by atoms with Gasteiger partial charge in [-0.2, -0.15) is 13.2 Å². The first-order valence-electron chi connectivity index (χ1n) is 5.46. The Morgan fingerprint density at radius 3 is 2.10 bits per heavy atom. The molecule has 20 heavy (non-hydrogen) atoms. The highest BCUT2D eigenvalue weighted by Crippen LogP contribution is 2.32. The molecule has 2 aromatic carbocycles. The van der Waals surface area contributed by atoms with Crippen LogP contribution in [0.5, 0.6) is 0 Å². The number of rotatable bonds is 2. The predicted molar refractivity (Wildman–Crippen MR) is 69.0 cm³/mol. The number of ketones is 1.